The van der Waals surface area contributed by atoms with Crippen molar-refractivity contribution >= 4 is 16.7 Å². The fourth-order valence-electron chi connectivity index (χ4n) is 4.64. The lowest BCUT2D eigenvalue weighted by Crippen LogP contribution is -2.35. The van der Waals surface area contributed by atoms with E-state index in [0.29, 0.717) is 24.8 Å². The van der Waals surface area contributed by atoms with Crippen molar-refractivity contribution < 1.29 is 4.79 Å². The molecule has 0 unspecified atom stereocenters. The van der Waals surface area contributed by atoms with Gasteiger partial charge in [0.05, 0.1) is 6.04 Å². The van der Waals surface area contributed by atoms with Crippen molar-refractivity contribution in [1.29, 1.82) is 0 Å². The van der Waals surface area contributed by atoms with Gasteiger partial charge in [0.15, 0.2) is 0 Å². The third-order valence-electron chi connectivity index (χ3n) is 6.29. The quantitative estimate of drug-likeness (QED) is 0.673. The van der Waals surface area contributed by atoms with Crippen LogP contribution in [0.2, 0.25) is 0 Å². The molecule has 0 bridgehead atoms. The number of fused-ring (bicyclic) bond motifs is 2. The second-order valence-electron chi connectivity index (χ2n) is 8.04. The lowest BCUT2D eigenvalue weighted by atomic mass is 10.0. The summed E-state index contributed by atoms with van der Waals surface area (Å²) in [6.45, 7) is 3.13. The van der Waals surface area contributed by atoms with Gasteiger partial charge in [-0.15, -0.1) is 10.2 Å². The molecule has 2 aliphatic heterocycles. The van der Waals surface area contributed by atoms with Crippen LogP contribution in [0.15, 0.2) is 36.5 Å². The average Bonchev–Trinajstić information content (AvgIpc) is 3.04. The summed E-state index contributed by atoms with van der Waals surface area (Å²) in [5.41, 5.74) is 0.535. The molecule has 3 aromatic rings. The van der Waals surface area contributed by atoms with Gasteiger partial charge < -0.3 is 9.47 Å². The molecule has 0 N–H and O–H groups in total. The molecule has 0 radical (unpaired) electrons. The van der Waals surface area contributed by atoms with E-state index in [0.717, 1.165) is 48.4 Å². The molecule has 0 aliphatic carbocycles. The zero-order valence-corrected chi connectivity index (χ0v) is 16.8. The number of piperidine rings is 1. The normalized spacial score (nSPS) is 20.4. The van der Waals surface area contributed by atoms with E-state index in [1.807, 2.05) is 35.2 Å². The van der Waals surface area contributed by atoms with Crippen LogP contribution in [0.5, 0.6) is 0 Å². The van der Waals surface area contributed by atoms with E-state index in [1.54, 1.807) is 6.20 Å². The molecule has 2 aliphatic rings. The third kappa shape index (κ3) is 3.29. The summed E-state index contributed by atoms with van der Waals surface area (Å²) in [7, 11) is 2.17. The highest BCUT2D eigenvalue weighted by atomic mass is 16.2. The molecule has 1 fully saturated rings. The maximum Gasteiger partial charge on any atom is 0.273 e. The van der Waals surface area contributed by atoms with E-state index in [-0.39, 0.29) is 5.91 Å². The van der Waals surface area contributed by atoms with Gasteiger partial charge in [0.1, 0.15) is 17.3 Å². The zero-order chi connectivity index (χ0) is 19.8. The van der Waals surface area contributed by atoms with Crippen LogP contribution in [0.4, 0.5) is 0 Å². The monoisotopic (exact) mass is 390 g/mol. The van der Waals surface area contributed by atoms with Crippen LogP contribution < -0.4 is 0 Å². The molecule has 7 nitrogen and oxygen atoms in total. The number of amides is 1. The van der Waals surface area contributed by atoms with Gasteiger partial charge in [-0.3, -0.25) is 14.7 Å². The highest BCUT2D eigenvalue weighted by molar-refractivity contribution is 6.05. The molecule has 2 aromatic heterocycles. The number of likely N-dealkylation sites (tertiary alicyclic amines) is 1. The molecular weight excluding hydrogens is 364 g/mol. The summed E-state index contributed by atoms with van der Waals surface area (Å²) >= 11 is 0. The van der Waals surface area contributed by atoms with Crippen molar-refractivity contribution in [1.82, 2.24) is 29.5 Å². The number of nitrogens with zero attached hydrogens (tertiary/aromatic N) is 6. The van der Waals surface area contributed by atoms with Gasteiger partial charge in [0.25, 0.3) is 5.91 Å². The minimum Gasteiger partial charge on any atom is -0.335 e. The number of benzene rings is 1. The predicted molar refractivity (Wildman–Crippen MR) is 111 cm³/mol. The van der Waals surface area contributed by atoms with Gasteiger partial charge in [-0.25, -0.2) is 0 Å². The standard InChI is InChI=1S/C22H26N6O/c1-26-12-5-4-8-18(26)21-25-24-19-10-13-27(14-15-28(19)21)22(29)20-17-7-3-2-6-16(17)9-11-23-20/h2-3,6-7,9,11,18H,4-5,8,10,12-15H2,1H3/t18-/m0/s1. The molecule has 0 saturated carbocycles. The first-order chi connectivity index (χ1) is 14.2. The maximum absolute atomic E-state index is 13.3. The third-order valence-corrected chi connectivity index (χ3v) is 6.29. The molecule has 29 heavy (non-hydrogen) atoms. The number of carbonyl (C=O) groups is 1. The minimum atomic E-state index is -0.00292. The fourth-order valence-corrected chi connectivity index (χ4v) is 4.64. The highest BCUT2D eigenvalue weighted by Gasteiger charge is 2.29. The zero-order valence-electron chi connectivity index (χ0n) is 16.8. The van der Waals surface area contributed by atoms with Crippen LogP contribution in [0.3, 0.4) is 0 Å². The van der Waals surface area contributed by atoms with Gasteiger partial charge in [0.2, 0.25) is 0 Å². The number of aromatic nitrogens is 4. The summed E-state index contributed by atoms with van der Waals surface area (Å²) < 4.78 is 2.25. The molecule has 0 spiro atoms. The second-order valence-corrected chi connectivity index (χ2v) is 8.04. The van der Waals surface area contributed by atoms with Crippen molar-refractivity contribution in [3.8, 4) is 0 Å². The molecule has 150 valence electrons. The Balaban J connectivity index is 1.39. The van der Waals surface area contributed by atoms with Gasteiger partial charge in [0, 0.05) is 37.6 Å². The number of pyridine rings is 1. The van der Waals surface area contributed by atoms with Gasteiger partial charge in [-0.2, -0.15) is 0 Å². The Hall–Kier alpha value is -2.80. The second kappa shape index (κ2) is 7.55. The van der Waals surface area contributed by atoms with Gasteiger partial charge in [-0.1, -0.05) is 30.7 Å². The molecule has 1 amide bonds. The lowest BCUT2D eigenvalue weighted by Gasteiger charge is -2.32. The fraction of sp³-hybridized carbons (Fsp3) is 0.455. The topological polar surface area (TPSA) is 67.2 Å². The Kier molecular flexibility index (Phi) is 4.75. The Bertz CT molecular complexity index is 1040. The Morgan fingerprint density at radius 1 is 1.03 bits per heavy atom. The first-order valence-corrected chi connectivity index (χ1v) is 10.5. The van der Waals surface area contributed by atoms with Crippen LogP contribution in [0.25, 0.3) is 10.8 Å². The molecular formula is C22H26N6O. The maximum atomic E-state index is 13.3. The average molecular weight is 390 g/mol. The summed E-state index contributed by atoms with van der Waals surface area (Å²) in [5.74, 6) is 2.04. The number of hydrogen-bond donors (Lipinski definition) is 0. The molecule has 1 aromatic carbocycles. The summed E-state index contributed by atoms with van der Waals surface area (Å²) in [6.07, 6.45) is 6.04. The Morgan fingerprint density at radius 3 is 2.83 bits per heavy atom. The Morgan fingerprint density at radius 2 is 1.93 bits per heavy atom. The molecule has 1 saturated heterocycles. The van der Waals surface area contributed by atoms with Crippen molar-refractivity contribution in [3.05, 3.63) is 53.9 Å². The summed E-state index contributed by atoms with van der Waals surface area (Å²) in [4.78, 5) is 22.0. The molecule has 7 heteroatoms. The first kappa shape index (κ1) is 18.2. The van der Waals surface area contributed by atoms with Crippen molar-refractivity contribution in [3.63, 3.8) is 0 Å². The first-order valence-electron chi connectivity index (χ1n) is 10.5. The molecule has 5 rings (SSSR count). The van der Waals surface area contributed by atoms with Crippen LogP contribution in [-0.2, 0) is 13.0 Å². The van der Waals surface area contributed by atoms with E-state index in [9.17, 15) is 4.79 Å². The van der Waals surface area contributed by atoms with E-state index in [1.165, 1.54) is 12.8 Å². The SMILES string of the molecule is CN1CCCC[C@H]1c1nnc2n1CCN(C(=O)c1nccc3ccccc13)CC2. The molecule has 4 heterocycles. The van der Waals surface area contributed by atoms with E-state index in [2.05, 4.69) is 31.7 Å². The number of hydrogen-bond acceptors (Lipinski definition) is 5. The van der Waals surface area contributed by atoms with Crippen LogP contribution in [0, 0.1) is 0 Å². The summed E-state index contributed by atoms with van der Waals surface area (Å²) in [6, 6.07) is 10.2. The smallest absolute Gasteiger partial charge is 0.273 e. The Labute approximate surface area is 170 Å². The van der Waals surface area contributed by atoms with Crippen LogP contribution in [0.1, 0.15) is 47.4 Å². The van der Waals surface area contributed by atoms with Crippen LogP contribution >= 0.6 is 0 Å². The number of carbonyl (C=O) groups excluding carboxylic acids is 1. The van der Waals surface area contributed by atoms with Gasteiger partial charge in [-0.05, 0) is 37.9 Å². The van der Waals surface area contributed by atoms with E-state index < -0.39 is 0 Å². The highest BCUT2D eigenvalue weighted by Crippen LogP contribution is 2.29. The van der Waals surface area contributed by atoms with Gasteiger partial charge >= 0.3 is 0 Å². The lowest BCUT2D eigenvalue weighted by molar-refractivity contribution is 0.0754. The molecule has 1 atom stereocenters. The number of rotatable bonds is 2. The predicted octanol–water partition coefficient (Wildman–Crippen LogP) is 2.68. The van der Waals surface area contributed by atoms with Crippen molar-refractivity contribution in [2.24, 2.45) is 0 Å². The van der Waals surface area contributed by atoms with E-state index in [4.69, 9.17) is 0 Å². The van der Waals surface area contributed by atoms with Crippen LogP contribution in [-0.4, -0.2) is 62.1 Å². The van der Waals surface area contributed by atoms with Crippen molar-refractivity contribution in [2.75, 3.05) is 26.7 Å². The van der Waals surface area contributed by atoms with Crippen molar-refractivity contribution in [2.45, 2.75) is 38.3 Å². The largest absolute Gasteiger partial charge is 0.335 e. The minimum absolute atomic E-state index is 0.00292. The van der Waals surface area contributed by atoms with E-state index >= 15 is 0 Å². The summed E-state index contributed by atoms with van der Waals surface area (Å²) in [5, 5.41) is 11.0.